The van der Waals surface area contributed by atoms with Gasteiger partial charge < -0.3 is 20.3 Å². The lowest BCUT2D eigenvalue weighted by molar-refractivity contribution is -0.321. The van der Waals surface area contributed by atoms with Crippen LogP contribution in [-0.4, -0.2) is 83.6 Å². The van der Waals surface area contributed by atoms with E-state index in [0.717, 1.165) is 12.8 Å². The number of nitrogens with zero attached hydrogens (tertiary/aromatic N) is 3. The standard InChI is InChI=1S/C24H29ClF3N5O6/c1-38-20(16-8-29-9-18(25)31-16)23(37)33-10-13-3-2-4-14(13)19(33)22(36)32-15(7-12-5-6-30-21(12)35)17(34)11-39-24(26,27)28/h8-9,12-15,19-20H,2-7,10-11H2,1H3,(H,30,35)(H,32,36). The molecule has 2 aliphatic heterocycles. The summed E-state index contributed by atoms with van der Waals surface area (Å²) in [5.41, 5.74) is 0.149. The number of carbonyl (C=O) groups is 4. The van der Waals surface area contributed by atoms with Gasteiger partial charge in [-0.25, -0.2) is 4.98 Å². The molecule has 3 aliphatic rings. The van der Waals surface area contributed by atoms with Crippen LogP contribution in [0.15, 0.2) is 12.4 Å². The lowest BCUT2D eigenvalue weighted by atomic mass is 9.92. The summed E-state index contributed by atoms with van der Waals surface area (Å²) in [6, 6.07) is -2.41. The Morgan fingerprint density at radius 1 is 1.26 bits per heavy atom. The van der Waals surface area contributed by atoms with Crippen LogP contribution in [0.1, 0.15) is 43.9 Å². The van der Waals surface area contributed by atoms with Crippen molar-refractivity contribution in [2.24, 2.45) is 17.8 Å². The number of hydrogen-bond donors (Lipinski definition) is 2. The molecule has 3 heterocycles. The van der Waals surface area contributed by atoms with Gasteiger partial charge in [0.2, 0.25) is 11.8 Å². The molecule has 3 amide bonds. The second-order valence-corrected chi connectivity index (χ2v) is 10.3. The van der Waals surface area contributed by atoms with E-state index in [2.05, 4.69) is 25.3 Å². The zero-order valence-electron chi connectivity index (χ0n) is 21.1. The minimum Gasteiger partial charge on any atom is -0.365 e. The van der Waals surface area contributed by atoms with Crippen molar-refractivity contribution in [2.45, 2.75) is 56.7 Å². The van der Waals surface area contributed by atoms with Crippen molar-refractivity contribution in [2.75, 3.05) is 26.8 Å². The highest BCUT2D eigenvalue weighted by molar-refractivity contribution is 6.29. The molecule has 3 fully saturated rings. The number of halogens is 4. The summed E-state index contributed by atoms with van der Waals surface area (Å²) < 4.78 is 46.9. The van der Waals surface area contributed by atoms with E-state index in [1.807, 2.05) is 0 Å². The number of ketones is 1. The lowest BCUT2D eigenvalue weighted by Crippen LogP contribution is -2.54. The zero-order chi connectivity index (χ0) is 28.3. The molecule has 0 bridgehead atoms. The molecule has 1 aromatic rings. The maximum absolute atomic E-state index is 13.7. The predicted molar refractivity (Wildman–Crippen MR) is 128 cm³/mol. The highest BCUT2D eigenvalue weighted by Crippen LogP contribution is 2.43. The molecule has 6 atom stereocenters. The van der Waals surface area contributed by atoms with Gasteiger partial charge in [-0.15, -0.1) is 13.2 Å². The maximum atomic E-state index is 13.7. The Morgan fingerprint density at radius 2 is 2.03 bits per heavy atom. The van der Waals surface area contributed by atoms with Crippen LogP contribution in [-0.2, 0) is 28.7 Å². The van der Waals surface area contributed by atoms with E-state index in [-0.39, 0.29) is 41.6 Å². The average molecular weight is 576 g/mol. The summed E-state index contributed by atoms with van der Waals surface area (Å²) in [4.78, 5) is 61.6. The highest BCUT2D eigenvalue weighted by atomic mass is 35.5. The molecule has 0 aromatic carbocycles. The molecule has 15 heteroatoms. The molecule has 2 saturated heterocycles. The van der Waals surface area contributed by atoms with Crippen molar-refractivity contribution in [3.63, 3.8) is 0 Å². The topological polar surface area (TPSA) is 140 Å². The van der Waals surface area contributed by atoms with Gasteiger partial charge in [0.25, 0.3) is 5.91 Å². The quantitative estimate of drug-likeness (QED) is 0.428. The van der Waals surface area contributed by atoms with Crippen molar-refractivity contribution >= 4 is 35.1 Å². The Balaban J connectivity index is 1.56. The SMILES string of the molecule is COC(C(=O)N1CC2CCCC2C1C(=O)NC(CC1CCNC1=O)C(=O)COC(F)(F)F)c1cncc(Cl)n1. The van der Waals surface area contributed by atoms with Crippen LogP contribution < -0.4 is 10.6 Å². The first-order chi connectivity index (χ1) is 18.5. The fourth-order valence-corrected chi connectivity index (χ4v) is 5.94. The number of ether oxygens (including phenoxy) is 2. The second-order valence-electron chi connectivity index (χ2n) is 9.95. The number of amides is 3. The van der Waals surface area contributed by atoms with Crippen molar-refractivity contribution < 1.29 is 41.8 Å². The Kier molecular flexibility index (Phi) is 9.07. The molecular formula is C24H29ClF3N5O6. The number of methoxy groups -OCH3 is 1. The summed E-state index contributed by atoms with van der Waals surface area (Å²) in [7, 11) is 1.30. The van der Waals surface area contributed by atoms with Gasteiger partial charge in [0.1, 0.15) is 17.8 Å². The predicted octanol–water partition coefficient (Wildman–Crippen LogP) is 1.56. The Morgan fingerprint density at radius 3 is 2.67 bits per heavy atom. The number of nitrogens with one attached hydrogen (secondary N) is 2. The van der Waals surface area contributed by atoms with E-state index in [4.69, 9.17) is 16.3 Å². The zero-order valence-corrected chi connectivity index (χ0v) is 21.8. The van der Waals surface area contributed by atoms with E-state index >= 15 is 0 Å². The maximum Gasteiger partial charge on any atom is 0.522 e. The third-order valence-corrected chi connectivity index (χ3v) is 7.74. The Bertz CT molecular complexity index is 1110. The Hall–Kier alpha value is -2.84. The van der Waals surface area contributed by atoms with Crippen LogP contribution in [0.25, 0.3) is 0 Å². The first-order valence-corrected chi connectivity index (χ1v) is 13.0. The van der Waals surface area contributed by atoms with Crippen LogP contribution in [0.5, 0.6) is 0 Å². The first kappa shape index (κ1) is 29.2. The summed E-state index contributed by atoms with van der Waals surface area (Å²) in [6.07, 6.45) is -1.16. The molecule has 39 heavy (non-hydrogen) atoms. The van der Waals surface area contributed by atoms with Crippen molar-refractivity contribution in [3.05, 3.63) is 23.2 Å². The van der Waals surface area contributed by atoms with Crippen LogP contribution in [0.3, 0.4) is 0 Å². The third-order valence-electron chi connectivity index (χ3n) is 7.56. The van der Waals surface area contributed by atoms with Gasteiger partial charge >= 0.3 is 6.36 Å². The van der Waals surface area contributed by atoms with Gasteiger partial charge in [0, 0.05) is 26.1 Å². The molecule has 0 spiro atoms. The number of hydrogen-bond acceptors (Lipinski definition) is 8. The number of likely N-dealkylation sites (tertiary alicyclic amines) is 1. The number of fused-ring (bicyclic) bond motifs is 1. The van der Waals surface area contributed by atoms with E-state index in [1.54, 1.807) is 0 Å². The van der Waals surface area contributed by atoms with Crippen LogP contribution >= 0.6 is 11.6 Å². The van der Waals surface area contributed by atoms with E-state index < -0.39 is 54.7 Å². The number of aromatic nitrogens is 2. The van der Waals surface area contributed by atoms with Gasteiger partial charge in [-0.2, -0.15) is 0 Å². The summed E-state index contributed by atoms with van der Waals surface area (Å²) >= 11 is 5.93. The largest absolute Gasteiger partial charge is 0.522 e. The molecule has 2 N–H and O–H groups in total. The van der Waals surface area contributed by atoms with Gasteiger partial charge in [0.15, 0.2) is 11.9 Å². The van der Waals surface area contributed by atoms with Crippen LogP contribution in [0, 0.1) is 17.8 Å². The van der Waals surface area contributed by atoms with Crippen LogP contribution in [0.4, 0.5) is 13.2 Å². The fraction of sp³-hybridized carbons (Fsp3) is 0.667. The molecule has 1 saturated carbocycles. The van der Waals surface area contributed by atoms with Crippen molar-refractivity contribution in [3.8, 4) is 0 Å². The number of Topliss-reactive ketones (excluding diaryl/α,β-unsaturated/α-hetero) is 1. The molecule has 11 nitrogen and oxygen atoms in total. The smallest absolute Gasteiger partial charge is 0.365 e. The molecule has 0 radical (unpaired) electrons. The molecular weight excluding hydrogens is 547 g/mol. The first-order valence-electron chi connectivity index (χ1n) is 12.6. The van der Waals surface area contributed by atoms with Gasteiger partial charge in [0.05, 0.1) is 24.1 Å². The monoisotopic (exact) mass is 575 g/mol. The highest BCUT2D eigenvalue weighted by Gasteiger charge is 2.51. The average Bonchev–Trinajstić information content (AvgIpc) is 3.58. The van der Waals surface area contributed by atoms with Crippen molar-refractivity contribution in [1.29, 1.82) is 0 Å². The lowest BCUT2D eigenvalue weighted by Gasteiger charge is -2.31. The van der Waals surface area contributed by atoms with Crippen LogP contribution in [0.2, 0.25) is 5.15 Å². The van der Waals surface area contributed by atoms with Crippen molar-refractivity contribution in [1.82, 2.24) is 25.5 Å². The van der Waals surface area contributed by atoms with Gasteiger partial charge in [-0.1, -0.05) is 18.0 Å². The Labute approximate surface area is 227 Å². The molecule has 6 unspecified atom stereocenters. The number of alkyl halides is 3. The van der Waals surface area contributed by atoms with Gasteiger partial charge in [-0.3, -0.25) is 28.9 Å². The summed E-state index contributed by atoms with van der Waals surface area (Å²) in [6.45, 7) is -0.700. The van der Waals surface area contributed by atoms with E-state index in [0.29, 0.717) is 19.4 Å². The van der Waals surface area contributed by atoms with Gasteiger partial charge in [-0.05, 0) is 37.5 Å². The molecule has 1 aliphatic carbocycles. The van der Waals surface area contributed by atoms with E-state index in [9.17, 15) is 32.3 Å². The minimum absolute atomic E-state index is 0.0241. The molecule has 1 aromatic heterocycles. The fourth-order valence-electron chi connectivity index (χ4n) is 5.79. The molecule has 214 valence electrons. The molecule has 4 rings (SSSR count). The normalized spacial score (nSPS) is 26.2. The number of rotatable bonds is 10. The summed E-state index contributed by atoms with van der Waals surface area (Å²) in [5.74, 6) is -3.47. The minimum atomic E-state index is -5.04. The van der Waals surface area contributed by atoms with E-state index in [1.165, 1.54) is 24.4 Å². The third kappa shape index (κ3) is 6.84. The second kappa shape index (κ2) is 12.1. The number of carbonyl (C=O) groups excluding carboxylic acids is 4. The summed E-state index contributed by atoms with van der Waals surface area (Å²) in [5, 5.41) is 5.20.